The lowest BCUT2D eigenvalue weighted by molar-refractivity contribution is -0.249. The summed E-state index contributed by atoms with van der Waals surface area (Å²) in [6, 6.07) is 0. The number of carbonyl (C=O) groups is 2. The van der Waals surface area contributed by atoms with Crippen LogP contribution in [-0.2, 0) is 28.5 Å². The third-order valence-corrected chi connectivity index (χ3v) is 5.57. The summed E-state index contributed by atoms with van der Waals surface area (Å²) in [7, 11) is 0. The highest BCUT2D eigenvalue weighted by atomic mass is 32.2. The van der Waals surface area contributed by atoms with Crippen molar-refractivity contribution in [2.75, 3.05) is 26.4 Å². The molecule has 0 aromatic heterocycles. The van der Waals surface area contributed by atoms with Gasteiger partial charge >= 0.3 is 5.97 Å². The van der Waals surface area contributed by atoms with Crippen LogP contribution in [0, 0.1) is 11.3 Å². The molecule has 1 saturated heterocycles. The zero-order chi connectivity index (χ0) is 18.0. The van der Waals surface area contributed by atoms with Crippen LogP contribution in [0.4, 0.5) is 0 Å². The number of esters is 1. The van der Waals surface area contributed by atoms with Crippen molar-refractivity contribution in [1.29, 1.82) is 0 Å². The molecule has 1 aliphatic heterocycles. The Balaban J connectivity index is 2.04. The van der Waals surface area contributed by atoms with Gasteiger partial charge in [-0.2, -0.15) is 0 Å². The predicted molar refractivity (Wildman–Crippen MR) is 93.8 cm³/mol. The lowest BCUT2D eigenvalue weighted by atomic mass is 9.95. The van der Waals surface area contributed by atoms with Gasteiger partial charge in [-0.3, -0.25) is 4.79 Å². The lowest BCUT2D eigenvalue weighted by Crippen LogP contribution is -2.41. The Hall–Kier alpha value is -0.700. The molecule has 1 aliphatic carbocycles. The summed E-state index contributed by atoms with van der Waals surface area (Å²) >= 11 is 6.51. The van der Waals surface area contributed by atoms with Crippen molar-refractivity contribution in [3.8, 4) is 0 Å². The van der Waals surface area contributed by atoms with Crippen LogP contribution in [-0.4, -0.2) is 53.6 Å². The van der Waals surface area contributed by atoms with Crippen molar-refractivity contribution in [3.05, 3.63) is 0 Å². The van der Waals surface area contributed by atoms with Crippen LogP contribution in [0.3, 0.4) is 0 Å². The fourth-order valence-corrected chi connectivity index (χ4v) is 4.29. The van der Waals surface area contributed by atoms with Crippen molar-refractivity contribution in [1.82, 2.24) is 0 Å². The van der Waals surface area contributed by atoms with Crippen molar-refractivity contribution in [2.45, 2.75) is 45.2 Å². The average molecular weight is 376 g/mol. The summed E-state index contributed by atoms with van der Waals surface area (Å²) in [5.41, 5.74) is -0.0841. The first kappa shape index (κ1) is 19.6. The molecular weight excluding hydrogens is 352 g/mol. The molecule has 1 spiro atoms. The van der Waals surface area contributed by atoms with Crippen LogP contribution < -0.4 is 0 Å². The second kappa shape index (κ2) is 7.68. The molecule has 0 amide bonds. The molecule has 0 aromatic carbocycles. The first-order valence-corrected chi connectivity index (χ1v) is 9.36. The quantitative estimate of drug-likeness (QED) is 0.397. The number of carbonyl (C=O) groups excluding carboxylic acids is 2. The number of ketones is 1. The lowest BCUT2D eigenvalue weighted by Gasteiger charge is -2.36. The summed E-state index contributed by atoms with van der Waals surface area (Å²) in [6.07, 6.45) is 0.0195. The molecule has 2 aliphatic rings. The Labute approximate surface area is 151 Å². The minimum atomic E-state index is -0.872. The number of Topliss-reactive ketones (excluding diaryl/α,β-unsaturated/α-hetero) is 1. The standard InChI is InChI=1S/C16H24O6S2/c1-5-19-13(18)11(17)7-10-12(24-14(23)20-6-2)16(10)21-8-15(3,4)9-22-16/h10,12H,5-9H2,1-4H3/t10-,12-/m0/s1. The average Bonchev–Trinajstić information content (AvgIpc) is 3.08. The van der Waals surface area contributed by atoms with Crippen LogP contribution in [0.1, 0.15) is 34.1 Å². The van der Waals surface area contributed by atoms with Gasteiger partial charge in [-0.05, 0) is 26.1 Å². The van der Waals surface area contributed by atoms with Crippen LogP contribution in [0.2, 0.25) is 0 Å². The summed E-state index contributed by atoms with van der Waals surface area (Å²) in [4.78, 5) is 23.6. The van der Waals surface area contributed by atoms with Gasteiger partial charge in [-0.1, -0.05) is 25.6 Å². The van der Waals surface area contributed by atoms with E-state index < -0.39 is 17.5 Å². The Kier molecular flexibility index (Phi) is 6.28. The summed E-state index contributed by atoms with van der Waals surface area (Å²) < 4.78 is 22.4. The van der Waals surface area contributed by atoms with Gasteiger partial charge in [0.1, 0.15) is 0 Å². The van der Waals surface area contributed by atoms with E-state index in [-0.39, 0.29) is 29.6 Å². The molecule has 0 aromatic rings. The minimum Gasteiger partial charge on any atom is -0.479 e. The van der Waals surface area contributed by atoms with Crippen molar-refractivity contribution < 1.29 is 28.5 Å². The molecule has 0 radical (unpaired) electrons. The Morgan fingerprint density at radius 3 is 2.29 bits per heavy atom. The smallest absolute Gasteiger partial charge is 0.374 e. The third-order valence-electron chi connectivity index (χ3n) is 3.94. The van der Waals surface area contributed by atoms with Crippen LogP contribution in [0.15, 0.2) is 0 Å². The number of thiocarbonyl (C=S) groups is 1. The van der Waals surface area contributed by atoms with E-state index in [1.54, 1.807) is 6.92 Å². The normalized spacial score (nSPS) is 26.7. The first-order chi connectivity index (χ1) is 11.3. The zero-order valence-corrected chi connectivity index (χ0v) is 16.1. The van der Waals surface area contributed by atoms with Crippen molar-refractivity contribution >= 4 is 40.1 Å². The number of ether oxygens (including phenoxy) is 4. The van der Waals surface area contributed by atoms with Gasteiger partial charge in [0, 0.05) is 17.8 Å². The van der Waals surface area contributed by atoms with Crippen LogP contribution in [0.5, 0.6) is 0 Å². The highest BCUT2D eigenvalue weighted by Crippen LogP contribution is 2.60. The Morgan fingerprint density at radius 1 is 1.17 bits per heavy atom. The second-order valence-corrected chi connectivity index (χ2v) is 8.38. The molecule has 1 heterocycles. The van der Waals surface area contributed by atoms with Gasteiger partial charge in [0.15, 0.2) is 5.79 Å². The maximum Gasteiger partial charge on any atom is 0.374 e. The van der Waals surface area contributed by atoms with E-state index in [9.17, 15) is 9.59 Å². The van der Waals surface area contributed by atoms with E-state index in [0.717, 1.165) is 0 Å². The number of rotatable bonds is 6. The molecule has 2 rings (SSSR count). The molecule has 24 heavy (non-hydrogen) atoms. The molecular formula is C16H24O6S2. The molecule has 0 unspecified atom stereocenters. The summed E-state index contributed by atoms with van der Waals surface area (Å²) in [5, 5.41) is -0.161. The first-order valence-electron chi connectivity index (χ1n) is 8.07. The Morgan fingerprint density at radius 2 is 1.75 bits per heavy atom. The van der Waals surface area contributed by atoms with Gasteiger partial charge in [0.25, 0.3) is 0 Å². The number of thioether (sulfide) groups is 1. The monoisotopic (exact) mass is 376 g/mol. The molecule has 136 valence electrons. The molecule has 8 heteroatoms. The predicted octanol–water partition coefficient (Wildman–Crippen LogP) is 2.33. The molecule has 0 N–H and O–H groups in total. The highest BCUT2D eigenvalue weighted by Gasteiger charge is 2.71. The second-order valence-electron chi connectivity index (χ2n) is 6.64. The molecule has 0 bridgehead atoms. The molecule has 2 atom stereocenters. The molecule has 2 fully saturated rings. The zero-order valence-electron chi connectivity index (χ0n) is 14.5. The topological polar surface area (TPSA) is 71.1 Å². The minimum absolute atomic E-state index is 0.0195. The van der Waals surface area contributed by atoms with E-state index in [2.05, 4.69) is 0 Å². The van der Waals surface area contributed by atoms with Gasteiger partial charge in [0.05, 0.1) is 31.7 Å². The number of hydrogen-bond donors (Lipinski definition) is 0. The largest absolute Gasteiger partial charge is 0.479 e. The van der Waals surface area contributed by atoms with E-state index in [1.807, 2.05) is 20.8 Å². The third kappa shape index (κ3) is 4.28. The van der Waals surface area contributed by atoms with Crippen molar-refractivity contribution in [2.24, 2.45) is 11.3 Å². The summed E-state index contributed by atoms with van der Waals surface area (Å²) in [6.45, 7) is 9.32. The maximum absolute atomic E-state index is 12.0. The van der Waals surface area contributed by atoms with Gasteiger partial charge in [-0.15, -0.1) is 0 Å². The maximum atomic E-state index is 12.0. The molecule has 1 saturated carbocycles. The van der Waals surface area contributed by atoms with Crippen LogP contribution in [0.25, 0.3) is 0 Å². The summed E-state index contributed by atoms with van der Waals surface area (Å²) in [5.74, 6) is -2.49. The van der Waals surface area contributed by atoms with Gasteiger partial charge < -0.3 is 18.9 Å². The van der Waals surface area contributed by atoms with Crippen molar-refractivity contribution in [3.63, 3.8) is 0 Å². The van der Waals surface area contributed by atoms with E-state index in [4.69, 9.17) is 31.2 Å². The molecule has 6 nitrogen and oxygen atoms in total. The SMILES string of the molecule is CCOC(=O)C(=O)C[C@H]1[C@H](SC(=S)OCC)C12OCC(C)(C)CO2. The fourth-order valence-electron chi connectivity index (χ4n) is 2.62. The van der Waals surface area contributed by atoms with E-state index in [1.165, 1.54) is 11.8 Å². The Bertz CT molecular complexity index is 509. The fraction of sp³-hybridized carbons (Fsp3) is 0.812. The number of hydrogen-bond acceptors (Lipinski definition) is 8. The van der Waals surface area contributed by atoms with E-state index in [0.29, 0.717) is 24.2 Å². The highest BCUT2D eigenvalue weighted by molar-refractivity contribution is 8.23. The van der Waals surface area contributed by atoms with Crippen LogP contribution >= 0.6 is 24.0 Å². The van der Waals surface area contributed by atoms with E-state index >= 15 is 0 Å². The van der Waals surface area contributed by atoms with Gasteiger partial charge in [-0.25, -0.2) is 4.79 Å². The van der Waals surface area contributed by atoms with Gasteiger partial charge in [0.2, 0.25) is 10.2 Å².